The van der Waals surface area contributed by atoms with E-state index in [1.54, 1.807) is 4.72 Å². The van der Waals surface area contributed by atoms with Crippen LogP contribution in [0.5, 0.6) is 0 Å². The molecule has 178 valence electrons. The van der Waals surface area contributed by atoms with Gasteiger partial charge in [0.05, 0.1) is 12.0 Å². The Balaban J connectivity index is 1.80. The number of carbonyl (C=O) groups is 2. The average Bonchev–Trinajstić information content (AvgIpc) is 2.76. The standard InChI is InChI=1S/C23H28ClN3O5S/c1-15(2)13-21(27-12-4-5-16-14-17(24)6-11-20(16)27)22(28)25-18-7-9-19(10-8-18)33(30,31)26-23(29)32-3/h6-11,14-15,21H,4-5,12-13H2,1-3H3,(H,25,28)(H,26,29)/t21-/m0/s1. The lowest BCUT2D eigenvalue weighted by molar-refractivity contribution is -0.117. The first kappa shape index (κ1) is 24.9. The second-order valence-corrected chi connectivity index (χ2v) is 10.4. The first-order valence-corrected chi connectivity index (χ1v) is 12.5. The molecule has 0 aromatic heterocycles. The fraction of sp³-hybridized carbons (Fsp3) is 0.391. The van der Waals surface area contributed by atoms with Gasteiger partial charge in [0.25, 0.3) is 10.0 Å². The van der Waals surface area contributed by atoms with Crippen molar-refractivity contribution in [1.82, 2.24) is 4.72 Å². The topological polar surface area (TPSA) is 105 Å². The van der Waals surface area contributed by atoms with Gasteiger partial charge < -0.3 is 15.0 Å². The fourth-order valence-electron chi connectivity index (χ4n) is 3.89. The van der Waals surface area contributed by atoms with Crippen LogP contribution in [-0.2, 0) is 26.0 Å². The predicted molar refractivity (Wildman–Crippen MR) is 128 cm³/mol. The molecular weight excluding hydrogens is 466 g/mol. The molecule has 1 aliphatic rings. The van der Waals surface area contributed by atoms with Crippen molar-refractivity contribution in [2.75, 3.05) is 23.9 Å². The molecule has 0 bridgehead atoms. The molecule has 2 amide bonds. The summed E-state index contributed by atoms with van der Waals surface area (Å²) >= 11 is 6.17. The molecule has 0 fully saturated rings. The highest BCUT2D eigenvalue weighted by Crippen LogP contribution is 2.33. The van der Waals surface area contributed by atoms with Crippen molar-refractivity contribution in [3.63, 3.8) is 0 Å². The van der Waals surface area contributed by atoms with Gasteiger partial charge in [-0.25, -0.2) is 17.9 Å². The van der Waals surface area contributed by atoms with Gasteiger partial charge >= 0.3 is 6.09 Å². The maximum atomic E-state index is 13.3. The molecule has 2 aromatic rings. The lowest BCUT2D eigenvalue weighted by atomic mass is 9.95. The van der Waals surface area contributed by atoms with Crippen LogP contribution in [0.15, 0.2) is 47.4 Å². The summed E-state index contributed by atoms with van der Waals surface area (Å²) in [5.41, 5.74) is 2.60. The Morgan fingerprint density at radius 3 is 2.48 bits per heavy atom. The highest BCUT2D eigenvalue weighted by Gasteiger charge is 2.30. The Bertz CT molecular complexity index is 1120. The van der Waals surface area contributed by atoms with Crippen LogP contribution in [-0.4, -0.2) is 40.1 Å². The van der Waals surface area contributed by atoms with E-state index < -0.39 is 22.2 Å². The van der Waals surface area contributed by atoms with Gasteiger partial charge in [0.15, 0.2) is 0 Å². The number of anilines is 2. The first-order valence-electron chi connectivity index (χ1n) is 10.7. The number of benzene rings is 2. The van der Waals surface area contributed by atoms with Gasteiger partial charge in [-0.1, -0.05) is 25.4 Å². The molecule has 0 radical (unpaired) electrons. The van der Waals surface area contributed by atoms with E-state index in [-0.39, 0.29) is 16.7 Å². The number of aryl methyl sites for hydroxylation is 1. The Kier molecular flexibility index (Phi) is 7.86. The van der Waals surface area contributed by atoms with Gasteiger partial charge in [0.1, 0.15) is 6.04 Å². The SMILES string of the molecule is COC(=O)NS(=O)(=O)c1ccc(NC(=O)[C@H](CC(C)C)N2CCCc3cc(Cl)ccc32)cc1. The second kappa shape index (κ2) is 10.4. The maximum Gasteiger partial charge on any atom is 0.420 e. The van der Waals surface area contributed by atoms with Gasteiger partial charge in [-0.2, -0.15) is 0 Å². The Labute approximate surface area is 199 Å². The molecule has 0 spiro atoms. The lowest BCUT2D eigenvalue weighted by Crippen LogP contribution is -2.47. The molecule has 0 saturated heterocycles. The van der Waals surface area contributed by atoms with Crippen molar-refractivity contribution in [2.45, 2.75) is 44.0 Å². The zero-order chi connectivity index (χ0) is 24.2. The van der Waals surface area contributed by atoms with E-state index in [1.165, 1.54) is 24.3 Å². The molecule has 1 heterocycles. The third kappa shape index (κ3) is 6.17. The van der Waals surface area contributed by atoms with Crippen molar-refractivity contribution in [2.24, 2.45) is 5.92 Å². The zero-order valence-corrected chi connectivity index (χ0v) is 20.4. The van der Waals surface area contributed by atoms with Gasteiger partial charge in [-0.05, 0) is 73.2 Å². The van der Waals surface area contributed by atoms with Crippen molar-refractivity contribution in [3.05, 3.63) is 53.1 Å². The van der Waals surface area contributed by atoms with Gasteiger partial charge in [0, 0.05) is 22.9 Å². The van der Waals surface area contributed by atoms with E-state index in [9.17, 15) is 18.0 Å². The van der Waals surface area contributed by atoms with Crippen LogP contribution in [0.25, 0.3) is 0 Å². The smallest absolute Gasteiger partial charge is 0.420 e. The number of rotatable bonds is 7. The number of amides is 2. The lowest BCUT2D eigenvalue weighted by Gasteiger charge is -2.38. The molecule has 10 heteroatoms. The van der Waals surface area contributed by atoms with Crippen LogP contribution < -0.4 is 14.9 Å². The van der Waals surface area contributed by atoms with Gasteiger partial charge in [-0.3, -0.25) is 4.79 Å². The number of hydrogen-bond acceptors (Lipinski definition) is 6. The molecule has 2 aromatic carbocycles. The van der Waals surface area contributed by atoms with Gasteiger partial charge in [0.2, 0.25) is 5.91 Å². The van der Waals surface area contributed by atoms with Crippen LogP contribution in [0.2, 0.25) is 5.02 Å². The normalized spacial score (nSPS) is 14.4. The minimum Gasteiger partial charge on any atom is -0.452 e. The summed E-state index contributed by atoms with van der Waals surface area (Å²) in [5.74, 6) is 0.116. The van der Waals surface area contributed by atoms with E-state index in [0.717, 1.165) is 37.7 Å². The summed E-state index contributed by atoms with van der Waals surface area (Å²) in [4.78, 5) is 26.6. The number of nitrogens with zero attached hydrogens (tertiary/aromatic N) is 1. The zero-order valence-electron chi connectivity index (χ0n) is 18.8. The summed E-state index contributed by atoms with van der Waals surface area (Å²) in [5, 5.41) is 3.58. The van der Waals surface area contributed by atoms with Crippen LogP contribution in [0.1, 0.15) is 32.3 Å². The largest absolute Gasteiger partial charge is 0.452 e. The number of nitrogens with one attached hydrogen (secondary N) is 2. The van der Waals surface area contributed by atoms with E-state index in [2.05, 4.69) is 28.8 Å². The van der Waals surface area contributed by atoms with E-state index in [0.29, 0.717) is 17.1 Å². The molecular formula is C23H28ClN3O5S. The van der Waals surface area contributed by atoms with Crippen molar-refractivity contribution in [1.29, 1.82) is 0 Å². The van der Waals surface area contributed by atoms with Crippen LogP contribution >= 0.6 is 11.6 Å². The summed E-state index contributed by atoms with van der Waals surface area (Å²) in [6.45, 7) is 4.90. The molecule has 1 atom stereocenters. The molecule has 0 unspecified atom stereocenters. The quantitative estimate of drug-likeness (QED) is 0.599. The highest BCUT2D eigenvalue weighted by atomic mass is 35.5. The number of halogens is 1. The van der Waals surface area contributed by atoms with E-state index in [1.807, 2.05) is 18.2 Å². The molecule has 33 heavy (non-hydrogen) atoms. The minimum absolute atomic E-state index is 0.119. The summed E-state index contributed by atoms with van der Waals surface area (Å²) in [6, 6.07) is 11.0. The van der Waals surface area contributed by atoms with Crippen LogP contribution in [0, 0.1) is 5.92 Å². The molecule has 1 aliphatic heterocycles. The molecule has 0 saturated carbocycles. The monoisotopic (exact) mass is 493 g/mol. The Hall–Kier alpha value is -2.78. The van der Waals surface area contributed by atoms with Crippen molar-refractivity contribution in [3.8, 4) is 0 Å². The maximum absolute atomic E-state index is 13.3. The van der Waals surface area contributed by atoms with E-state index >= 15 is 0 Å². The third-order valence-electron chi connectivity index (χ3n) is 5.40. The summed E-state index contributed by atoms with van der Waals surface area (Å²) in [6.07, 6.45) is 1.42. The third-order valence-corrected chi connectivity index (χ3v) is 6.97. The van der Waals surface area contributed by atoms with Crippen LogP contribution in [0.3, 0.4) is 0 Å². The number of carbonyl (C=O) groups excluding carboxylic acids is 2. The number of ether oxygens (including phenoxy) is 1. The molecule has 8 nitrogen and oxygen atoms in total. The Morgan fingerprint density at radius 1 is 1.15 bits per heavy atom. The second-order valence-electron chi connectivity index (χ2n) is 8.33. The molecule has 3 rings (SSSR count). The van der Waals surface area contributed by atoms with E-state index in [4.69, 9.17) is 11.6 Å². The summed E-state index contributed by atoms with van der Waals surface area (Å²) in [7, 11) is -2.98. The van der Waals surface area contributed by atoms with Crippen molar-refractivity contribution >= 4 is 45.0 Å². The number of fused-ring (bicyclic) bond motifs is 1. The van der Waals surface area contributed by atoms with Crippen molar-refractivity contribution < 1.29 is 22.7 Å². The average molecular weight is 494 g/mol. The molecule has 2 N–H and O–H groups in total. The first-order chi connectivity index (χ1) is 15.6. The Morgan fingerprint density at radius 2 is 1.85 bits per heavy atom. The number of methoxy groups -OCH3 is 1. The summed E-state index contributed by atoms with van der Waals surface area (Å²) < 4.78 is 30.5. The van der Waals surface area contributed by atoms with Crippen LogP contribution in [0.4, 0.5) is 16.2 Å². The molecule has 0 aliphatic carbocycles. The van der Waals surface area contributed by atoms with Gasteiger partial charge in [-0.15, -0.1) is 0 Å². The number of sulfonamides is 1. The number of hydrogen-bond donors (Lipinski definition) is 2. The predicted octanol–water partition coefficient (Wildman–Crippen LogP) is 4.19. The fourth-order valence-corrected chi connectivity index (χ4v) is 5.00. The highest BCUT2D eigenvalue weighted by molar-refractivity contribution is 7.90. The minimum atomic E-state index is -4.06.